The average molecular weight is 736 g/mol. The Morgan fingerprint density at radius 3 is 1.21 bits per heavy atom. The molecular formula is C46H89NO5. The molecule has 0 saturated carbocycles. The molecule has 0 saturated heterocycles. The van der Waals surface area contributed by atoms with Gasteiger partial charge < -0.3 is 25.7 Å². The van der Waals surface area contributed by atoms with E-state index in [1.807, 2.05) is 0 Å². The normalized spacial score (nSPS) is 14.3. The predicted molar refractivity (Wildman–Crippen MR) is 224 cm³/mol. The van der Waals surface area contributed by atoms with Crippen molar-refractivity contribution in [1.29, 1.82) is 0 Å². The Hall–Kier alpha value is -1.21. The van der Waals surface area contributed by atoms with Gasteiger partial charge in [0, 0.05) is 0 Å². The van der Waals surface area contributed by atoms with Gasteiger partial charge in [0.05, 0.1) is 18.8 Å². The summed E-state index contributed by atoms with van der Waals surface area (Å²) >= 11 is 0. The smallest absolute Gasteiger partial charge is 0.249 e. The molecule has 0 fully saturated rings. The Morgan fingerprint density at radius 2 is 0.808 bits per heavy atom. The molecule has 4 unspecified atom stereocenters. The molecule has 52 heavy (non-hydrogen) atoms. The first-order chi connectivity index (χ1) is 25.5. The monoisotopic (exact) mass is 736 g/mol. The van der Waals surface area contributed by atoms with Gasteiger partial charge in [0.2, 0.25) is 5.91 Å². The molecule has 0 aliphatic heterocycles. The van der Waals surface area contributed by atoms with Gasteiger partial charge >= 0.3 is 0 Å². The highest BCUT2D eigenvalue weighted by Gasteiger charge is 2.28. The predicted octanol–water partition coefficient (Wildman–Crippen LogP) is 12.0. The van der Waals surface area contributed by atoms with E-state index in [0.29, 0.717) is 12.8 Å². The zero-order valence-electron chi connectivity index (χ0n) is 34.6. The minimum Gasteiger partial charge on any atom is -0.394 e. The van der Waals surface area contributed by atoms with Gasteiger partial charge in [-0.1, -0.05) is 199 Å². The van der Waals surface area contributed by atoms with Gasteiger partial charge in [0.1, 0.15) is 12.2 Å². The molecule has 4 atom stereocenters. The molecule has 0 aromatic rings. The Labute approximate surface area is 323 Å². The highest BCUT2D eigenvalue weighted by atomic mass is 16.3. The van der Waals surface area contributed by atoms with Gasteiger partial charge in [0.25, 0.3) is 0 Å². The van der Waals surface area contributed by atoms with E-state index in [1.54, 1.807) is 0 Å². The van der Waals surface area contributed by atoms with Crippen molar-refractivity contribution < 1.29 is 25.2 Å². The number of amides is 1. The van der Waals surface area contributed by atoms with Crippen molar-refractivity contribution >= 4 is 5.91 Å². The maximum absolute atomic E-state index is 12.4. The molecule has 6 nitrogen and oxygen atoms in total. The SMILES string of the molecule is CCCC/C=C\CCCCCC(O)C(=O)NC(CO)C(O)C(O)CCC/C=C/CCCCCCCCCCCCCCCCCCCCCCCC. The van der Waals surface area contributed by atoms with Crippen molar-refractivity contribution in [3.05, 3.63) is 24.3 Å². The maximum Gasteiger partial charge on any atom is 0.249 e. The molecule has 5 N–H and O–H groups in total. The lowest BCUT2D eigenvalue weighted by Crippen LogP contribution is -2.53. The number of rotatable bonds is 41. The molecule has 0 bridgehead atoms. The van der Waals surface area contributed by atoms with Crippen LogP contribution in [0.1, 0.15) is 232 Å². The molecule has 0 aliphatic carbocycles. The van der Waals surface area contributed by atoms with Crippen molar-refractivity contribution in [2.24, 2.45) is 0 Å². The number of unbranched alkanes of at least 4 members (excludes halogenated alkanes) is 28. The molecule has 1 amide bonds. The topological polar surface area (TPSA) is 110 Å². The molecular weight excluding hydrogens is 647 g/mol. The van der Waals surface area contributed by atoms with Crippen molar-refractivity contribution in [3.8, 4) is 0 Å². The van der Waals surface area contributed by atoms with Crippen molar-refractivity contribution in [2.45, 2.75) is 257 Å². The first-order valence-electron chi connectivity index (χ1n) is 22.7. The lowest BCUT2D eigenvalue weighted by Gasteiger charge is -2.27. The zero-order chi connectivity index (χ0) is 38.2. The summed E-state index contributed by atoms with van der Waals surface area (Å²) < 4.78 is 0. The minimum atomic E-state index is -1.28. The standard InChI is InChI=1S/C46H89NO5/c1-3-5-7-9-11-13-14-15-16-17-18-19-20-21-22-23-24-25-26-27-28-29-30-32-33-35-37-39-43(49)45(51)42(41-48)47-46(52)44(50)40-38-36-34-31-12-10-8-6-4-2/h10,12,32-33,42-45,48-51H,3-9,11,13-31,34-41H2,1-2H3,(H,47,52)/b12-10-,33-32+. The lowest BCUT2D eigenvalue weighted by atomic mass is 10.00. The van der Waals surface area contributed by atoms with Crippen molar-refractivity contribution in [1.82, 2.24) is 5.32 Å². The number of carbonyl (C=O) groups excluding carboxylic acids is 1. The van der Waals surface area contributed by atoms with Gasteiger partial charge in [-0.05, 0) is 57.8 Å². The van der Waals surface area contributed by atoms with E-state index >= 15 is 0 Å². The zero-order valence-corrected chi connectivity index (χ0v) is 34.6. The molecule has 0 aliphatic rings. The second-order valence-electron chi connectivity index (χ2n) is 15.7. The van der Waals surface area contributed by atoms with E-state index in [-0.39, 0.29) is 0 Å². The van der Waals surface area contributed by atoms with Crippen LogP contribution in [0.3, 0.4) is 0 Å². The van der Waals surface area contributed by atoms with Crippen LogP contribution >= 0.6 is 0 Å². The number of allylic oxidation sites excluding steroid dienone is 4. The van der Waals surface area contributed by atoms with E-state index in [9.17, 15) is 25.2 Å². The Kier molecular flexibility index (Phi) is 40.0. The van der Waals surface area contributed by atoms with E-state index in [4.69, 9.17) is 0 Å². The molecule has 0 spiro atoms. The Balaban J connectivity index is 3.64. The Morgan fingerprint density at radius 1 is 0.462 bits per heavy atom. The van der Waals surface area contributed by atoms with E-state index in [0.717, 1.165) is 51.4 Å². The van der Waals surface area contributed by atoms with Crippen LogP contribution in [0.25, 0.3) is 0 Å². The van der Waals surface area contributed by atoms with Crippen LogP contribution in [-0.2, 0) is 4.79 Å². The maximum atomic E-state index is 12.4. The summed E-state index contributed by atoms with van der Waals surface area (Å²) in [5, 5.41) is 43.5. The summed E-state index contributed by atoms with van der Waals surface area (Å²) in [6, 6.07) is -1.00. The Bertz CT molecular complexity index is 787. The molecule has 6 heteroatoms. The second kappa shape index (κ2) is 41.0. The average Bonchev–Trinajstić information content (AvgIpc) is 3.15. The van der Waals surface area contributed by atoms with Crippen LogP contribution < -0.4 is 5.32 Å². The fraction of sp³-hybridized carbons (Fsp3) is 0.891. The lowest BCUT2D eigenvalue weighted by molar-refractivity contribution is -0.132. The van der Waals surface area contributed by atoms with E-state index < -0.39 is 36.9 Å². The largest absolute Gasteiger partial charge is 0.394 e. The van der Waals surface area contributed by atoms with Gasteiger partial charge in [-0.3, -0.25) is 4.79 Å². The van der Waals surface area contributed by atoms with Gasteiger partial charge in [-0.25, -0.2) is 0 Å². The van der Waals surface area contributed by atoms with Crippen LogP contribution in [0.5, 0.6) is 0 Å². The summed E-state index contributed by atoms with van der Waals surface area (Å²) in [5.41, 5.74) is 0. The third kappa shape index (κ3) is 34.6. The minimum absolute atomic E-state index is 0.341. The third-order valence-corrected chi connectivity index (χ3v) is 10.6. The summed E-state index contributed by atoms with van der Waals surface area (Å²) in [6.07, 6.45) is 46.8. The van der Waals surface area contributed by atoms with Crippen LogP contribution in [0, 0.1) is 0 Å². The first kappa shape index (κ1) is 50.8. The summed E-state index contributed by atoms with van der Waals surface area (Å²) in [5.74, 6) is -0.608. The molecule has 308 valence electrons. The van der Waals surface area contributed by atoms with Crippen molar-refractivity contribution in [2.75, 3.05) is 6.61 Å². The fourth-order valence-electron chi connectivity index (χ4n) is 6.97. The summed E-state index contributed by atoms with van der Waals surface area (Å²) in [6.45, 7) is 3.98. The first-order valence-corrected chi connectivity index (χ1v) is 22.7. The van der Waals surface area contributed by atoms with Crippen LogP contribution in [-0.4, -0.2) is 57.3 Å². The second-order valence-corrected chi connectivity index (χ2v) is 15.7. The van der Waals surface area contributed by atoms with Gasteiger partial charge in [-0.15, -0.1) is 0 Å². The fourth-order valence-corrected chi connectivity index (χ4v) is 6.97. The number of aliphatic hydroxyl groups is 4. The van der Waals surface area contributed by atoms with Crippen LogP contribution in [0.2, 0.25) is 0 Å². The molecule has 0 aromatic heterocycles. The van der Waals surface area contributed by atoms with Crippen LogP contribution in [0.15, 0.2) is 24.3 Å². The van der Waals surface area contributed by atoms with Crippen molar-refractivity contribution in [3.63, 3.8) is 0 Å². The third-order valence-electron chi connectivity index (χ3n) is 10.6. The number of hydrogen-bond acceptors (Lipinski definition) is 5. The number of nitrogens with one attached hydrogen (secondary N) is 1. The van der Waals surface area contributed by atoms with Crippen LogP contribution in [0.4, 0.5) is 0 Å². The number of hydrogen-bond donors (Lipinski definition) is 5. The molecule has 0 heterocycles. The summed E-state index contributed by atoms with van der Waals surface area (Å²) in [4.78, 5) is 12.4. The van der Waals surface area contributed by atoms with E-state index in [2.05, 4.69) is 43.5 Å². The molecule has 0 rings (SSSR count). The number of carbonyl (C=O) groups is 1. The van der Waals surface area contributed by atoms with Gasteiger partial charge in [-0.2, -0.15) is 0 Å². The molecule has 0 aromatic carbocycles. The summed E-state index contributed by atoms with van der Waals surface area (Å²) in [7, 11) is 0. The highest BCUT2D eigenvalue weighted by molar-refractivity contribution is 5.80. The highest BCUT2D eigenvalue weighted by Crippen LogP contribution is 2.16. The number of aliphatic hydroxyl groups excluding tert-OH is 4. The van der Waals surface area contributed by atoms with E-state index in [1.165, 1.54) is 154 Å². The molecule has 0 radical (unpaired) electrons. The van der Waals surface area contributed by atoms with Gasteiger partial charge in [0.15, 0.2) is 0 Å². The quantitative estimate of drug-likeness (QED) is 0.0317.